The van der Waals surface area contributed by atoms with E-state index in [1.807, 2.05) is 0 Å². The number of methoxy groups -OCH3 is 1. The third kappa shape index (κ3) is 1.56. The van der Waals surface area contributed by atoms with E-state index in [0.29, 0.717) is 0 Å². The van der Waals surface area contributed by atoms with Crippen LogP contribution in [0.5, 0.6) is 0 Å². The van der Waals surface area contributed by atoms with E-state index in [4.69, 9.17) is 0 Å². The molecule has 3 unspecified atom stereocenters. The van der Waals surface area contributed by atoms with Gasteiger partial charge in [0.05, 0.1) is 6.61 Å². The van der Waals surface area contributed by atoms with E-state index in [9.17, 15) is 27.2 Å². The molecule has 0 amide bonds. The van der Waals surface area contributed by atoms with Gasteiger partial charge in [-0.2, -0.15) is 9.88 Å². The Kier molecular flexibility index (Phi) is 4.60. The van der Waals surface area contributed by atoms with Gasteiger partial charge in [-0.25, -0.2) is 0 Å². The summed E-state index contributed by atoms with van der Waals surface area (Å²) in [6.07, 6.45) is -1.73. The van der Waals surface area contributed by atoms with Crippen LogP contribution in [0, 0.1) is 5.92 Å². The van der Waals surface area contributed by atoms with E-state index < -0.39 is 48.1 Å². The van der Waals surface area contributed by atoms with Crippen LogP contribution in [-0.4, -0.2) is 36.5 Å². The van der Waals surface area contributed by atoms with E-state index in [1.54, 1.807) is 0 Å². The van der Waals surface area contributed by atoms with Gasteiger partial charge in [0, 0.05) is 13.0 Å². The maximum Gasteiger partial charge on any atom is 0.338 e. The molecule has 3 atom stereocenters. The zero-order valence-electron chi connectivity index (χ0n) is 10.8. The van der Waals surface area contributed by atoms with Gasteiger partial charge in [-0.3, -0.25) is 0 Å². The maximum absolute atomic E-state index is 13.2. The van der Waals surface area contributed by atoms with Crippen molar-refractivity contribution in [3.63, 3.8) is 0 Å². The van der Waals surface area contributed by atoms with E-state index in [1.165, 1.54) is 0 Å². The fourth-order valence-electron chi connectivity index (χ4n) is 3.58. The van der Waals surface area contributed by atoms with E-state index in [2.05, 4.69) is 34.4 Å². The lowest BCUT2D eigenvalue weighted by molar-refractivity contribution is -0.600. The summed E-state index contributed by atoms with van der Waals surface area (Å²) in [5.41, 5.74) is -5.77. The van der Waals surface area contributed by atoms with Crippen molar-refractivity contribution in [2.24, 2.45) is 5.92 Å². The molecule has 130 valence electrons. The Balaban J connectivity index is 2.68. The van der Waals surface area contributed by atoms with Crippen LogP contribution in [0.25, 0.3) is 0 Å². The van der Waals surface area contributed by atoms with Crippen LogP contribution < -0.4 is 0 Å². The summed E-state index contributed by atoms with van der Waals surface area (Å²) in [6.45, 7) is -0.840. The second-order valence-corrected chi connectivity index (χ2v) is 5.11. The molecule has 0 spiro atoms. The molecule has 0 radical (unpaired) electrons. The highest BCUT2D eigenvalue weighted by Gasteiger charge is 2.93. The topological polar surface area (TPSA) is 64.6 Å². The van der Waals surface area contributed by atoms with Crippen LogP contribution in [0.2, 0.25) is 0 Å². The van der Waals surface area contributed by atoms with Gasteiger partial charge in [-0.1, -0.05) is 0 Å². The molecular formula is C9H10F6O7. The van der Waals surface area contributed by atoms with Crippen molar-refractivity contribution in [3.05, 3.63) is 0 Å². The average molecular weight is 344 g/mol. The second-order valence-electron chi connectivity index (χ2n) is 5.11. The summed E-state index contributed by atoms with van der Waals surface area (Å²) in [5, 5.41) is 0. The molecule has 13 heteroatoms. The minimum atomic E-state index is -3.98. The molecule has 2 aliphatic rings. The molecule has 0 aromatic carbocycles. The fourth-order valence-corrected chi connectivity index (χ4v) is 3.58. The molecule has 2 aliphatic carbocycles. The fraction of sp³-hybridized carbons (Fsp3) is 1.00. The van der Waals surface area contributed by atoms with Crippen LogP contribution in [0.3, 0.4) is 0 Å². The SMILES string of the molecule is COCC1(OF)CC2CC1(OF)C(OF)(OF)C2(OF)OF. The van der Waals surface area contributed by atoms with Crippen molar-refractivity contribution in [2.75, 3.05) is 13.7 Å². The van der Waals surface area contributed by atoms with Crippen molar-refractivity contribution in [2.45, 2.75) is 35.6 Å². The van der Waals surface area contributed by atoms with Gasteiger partial charge in [0.1, 0.15) is 0 Å². The Morgan fingerprint density at radius 2 is 1.41 bits per heavy atom. The third-order valence-corrected chi connectivity index (χ3v) is 4.48. The Morgan fingerprint density at radius 3 is 1.77 bits per heavy atom. The van der Waals surface area contributed by atoms with Crippen molar-refractivity contribution in [1.82, 2.24) is 0 Å². The minimum absolute atomic E-state index is 0.774. The zero-order chi connectivity index (χ0) is 16.6. The quantitative estimate of drug-likeness (QED) is 0.495. The van der Waals surface area contributed by atoms with E-state index in [-0.39, 0.29) is 0 Å². The molecular weight excluding hydrogens is 334 g/mol. The third-order valence-electron chi connectivity index (χ3n) is 4.48. The Labute approximate surface area is 118 Å². The van der Waals surface area contributed by atoms with Gasteiger partial charge < -0.3 is 4.74 Å². The lowest BCUT2D eigenvalue weighted by atomic mass is 9.74. The zero-order valence-corrected chi connectivity index (χ0v) is 10.8. The number of fused-ring (bicyclic) bond motifs is 2. The molecule has 7 nitrogen and oxygen atoms in total. The van der Waals surface area contributed by atoms with Crippen molar-refractivity contribution >= 4 is 0 Å². The highest BCUT2D eigenvalue weighted by molar-refractivity contribution is 5.28. The first kappa shape index (κ1) is 17.7. The summed E-state index contributed by atoms with van der Waals surface area (Å²) < 4.78 is 82.5. The molecule has 0 aliphatic heterocycles. The van der Waals surface area contributed by atoms with Gasteiger partial charge >= 0.3 is 11.6 Å². The van der Waals surface area contributed by atoms with Gasteiger partial charge in [0.2, 0.25) is 5.60 Å². The lowest BCUT2D eigenvalue weighted by Gasteiger charge is -2.50. The summed E-state index contributed by atoms with van der Waals surface area (Å²) in [7, 11) is 1.01. The van der Waals surface area contributed by atoms with Crippen molar-refractivity contribution in [1.29, 1.82) is 0 Å². The molecule has 22 heavy (non-hydrogen) atoms. The number of rotatable bonds is 8. The molecule has 2 saturated carbocycles. The summed E-state index contributed by atoms with van der Waals surface area (Å²) in [5.74, 6) is -9.29. The monoisotopic (exact) mass is 344 g/mol. The van der Waals surface area contributed by atoms with Gasteiger partial charge in [0.15, 0.2) is 5.60 Å². The Bertz CT molecular complexity index is 408. The second kappa shape index (κ2) is 5.74. The molecule has 0 N–H and O–H groups in total. The Morgan fingerprint density at radius 1 is 0.818 bits per heavy atom. The molecule has 0 saturated heterocycles. The number of hydrogen-bond donors (Lipinski definition) is 0. The van der Waals surface area contributed by atoms with Crippen molar-refractivity contribution in [3.8, 4) is 0 Å². The van der Waals surface area contributed by atoms with Gasteiger partial charge in [-0.05, 0) is 40.0 Å². The Hall–Kier alpha value is -0.700. The van der Waals surface area contributed by atoms with Gasteiger partial charge in [0.25, 0.3) is 0 Å². The number of hydrogen-bond acceptors (Lipinski definition) is 7. The lowest BCUT2D eigenvalue weighted by Crippen LogP contribution is -2.76. The molecule has 0 aromatic rings. The van der Waals surface area contributed by atoms with Crippen LogP contribution in [0.15, 0.2) is 0 Å². The average Bonchev–Trinajstić information content (AvgIpc) is 3.01. The predicted molar refractivity (Wildman–Crippen MR) is 48.7 cm³/mol. The first-order chi connectivity index (χ1) is 10.5. The first-order valence-electron chi connectivity index (χ1n) is 5.76. The molecule has 2 bridgehead atoms. The van der Waals surface area contributed by atoms with Crippen LogP contribution in [0.1, 0.15) is 12.8 Å². The highest BCUT2D eigenvalue weighted by atomic mass is 19.3. The minimum Gasteiger partial charge on any atom is -0.381 e. The summed E-state index contributed by atoms with van der Waals surface area (Å²) in [6, 6.07) is 0. The standard InChI is InChI=1S/C9H10F6O7/c1-16-4-6(17-10)2-5-3-7(6,18-11)9(21-14,22-15)8(5,19-12)20-13/h5H,2-4H2,1H3. The first-order valence-corrected chi connectivity index (χ1v) is 5.76. The molecule has 0 aromatic heterocycles. The van der Waals surface area contributed by atoms with E-state index in [0.717, 1.165) is 7.11 Å². The van der Waals surface area contributed by atoms with E-state index >= 15 is 0 Å². The van der Waals surface area contributed by atoms with Crippen molar-refractivity contribution < 1.29 is 61.5 Å². The smallest absolute Gasteiger partial charge is 0.338 e. The predicted octanol–water partition coefficient (Wildman–Crippen LogP) is 2.33. The highest BCUT2D eigenvalue weighted by Crippen LogP contribution is 2.69. The number of halogens is 6. The summed E-state index contributed by atoms with van der Waals surface area (Å²) in [4.78, 5) is 19.4. The van der Waals surface area contributed by atoms with Crippen LogP contribution in [-0.2, 0) is 34.4 Å². The molecule has 2 rings (SSSR count). The molecule has 2 fully saturated rings. The molecule has 0 heterocycles. The largest absolute Gasteiger partial charge is 0.381 e. The van der Waals surface area contributed by atoms with Gasteiger partial charge in [-0.15, -0.1) is 19.8 Å². The maximum atomic E-state index is 13.2. The number of ether oxygens (including phenoxy) is 1. The van der Waals surface area contributed by atoms with Crippen LogP contribution >= 0.6 is 0 Å². The summed E-state index contributed by atoms with van der Waals surface area (Å²) >= 11 is 0. The normalized spacial score (nSPS) is 38.6. The van der Waals surface area contributed by atoms with Crippen LogP contribution in [0.4, 0.5) is 27.2 Å².